The van der Waals surface area contributed by atoms with Crippen LogP contribution in [-0.2, 0) is 14.3 Å². The second-order valence-corrected chi connectivity index (χ2v) is 4.06. The molecule has 0 aromatic heterocycles. The highest BCUT2D eigenvalue weighted by Gasteiger charge is 2.12. The molecule has 1 rings (SSSR count). The fourth-order valence-electron chi connectivity index (χ4n) is 1.58. The second-order valence-electron chi connectivity index (χ2n) is 4.06. The van der Waals surface area contributed by atoms with Crippen LogP contribution in [0.3, 0.4) is 0 Å². The third-order valence-corrected chi connectivity index (χ3v) is 2.56. The van der Waals surface area contributed by atoms with Gasteiger partial charge < -0.3 is 19.4 Å². The first kappa shape index (κ1) is 14.2. The Morgan fingerprint density at radius 2 is 2.35 bits per heavy atom. The Balaban J connectivity index is 2.03. The maximum atomic E-state index is 10.1. The number of rotatable bonds is 6. The predicted molar refractivity (Wildman–Crippen MR) is 63.2 cm³/mol. The van der Waals surface area contributed by atoms with Crippen LogP contribution < -0.4 is 0 Å². The summed E-state index contributed by atoms with van der Waals surface area (Å²) in [6.07, 6.45) is 4.61. The third kappa shape index (κ3) is 7.11. The van der Waals surface area contributed by atoms with Gasteiger partial charge in [-0.3, -0.25) is 0 Å². The van der Waals surface area contributed by atoms with E-state index in [9.17, 15) is 9.90 Å². The lowest BCUT2D eigenvalue weighted by Gasteiger charge is -2.21. The van der Waals surface area contributed by atoms with Gasteiger partial charge in [0.05, 0.1) is 6.10 Å². The van der Waals surface area contributed by atoms with E-state index in [-0.39, 0.29) is 6.29 Å². The molecule has 1 aliphatic rings. The zero-order valence-corrected chi connectivity index (χ0v) is 10.1. The highest BCUT2D eigenvalue weighted by molar-refractivity contribution is 5.49. The molecule has 0 saturated carbocycles. The maximum absolute atomic E-state index is 10.1. The van der Waals surface area contributed by atoms with Crippen molar-refractivity contribution in [1.82, 2.24) is 0 Å². The van der Waals surface area contributed by atoms with Crippen molar-refractivity contribution in [2.45, 2.75) is 50.9 Å². The molecule has 96 valence electrons. The van der Waals surface area contributed by atoms with Crippen molar-refractivity contribution in [2.75, 3.05) is 13.2 Å². The lowest BCUT2D eigenvalue weighted by atomic mass is 10.1. The van der Waals surface area contributed by atoms with Crippen molar-refractivity contribution in [3.05, 3.63) is 0 Å². The fourth-order valence-corrected chi connectivity index (χ4v) is 1.58. The minimum absolute atomic E-state index is 0.113. The van der Waals surface area contributed by atoms with Crippen LogP contribution in [0.5, 0.6) is 0 Å². The van der Waals surface area contributed by atoms with Crippen LogP contribution in [0.1, 0.15) is 38.5 Å². The molecular weight excluding hydrogens is 220 g/mol. The fraction of sp³-hybridized carbons (Fsp3) is 0.769. The molecule has 4 heteroatoms. The van der Waals surface area contributed by atoms with Crippen molar-refractivity contribution in [3.8, 4) is 11.8 Å². The van der Waals surface area contributed by atoms with E-state index in [1.165, 1.54) is 0 Å². The van der Waals surface area contributed by atoms with Crippen LogP contribution in [0.2, 0.25) is 0 Å². The molecule has 1 fully saturated rings. The van der Waals surface area contributed by atoms with Gasteiger partial charge in [-0.2, -0.15) is 0 Å². The van der Waals surface area contributed by atoms with Crippen LogP contribution >= 0.6 is 0 Å². The van der Waals surface area contributed by atoms with Gasteiger partial charge in [-0.05, 0) is 25.7 Å². The second kappa shape index (κ2) is 9.17. The number of carbonyl (C=O) groups excluding carboxylic acids is 1. The van der Waals surface area contributed by atoms with Gasteiger partial charge in [0.1, 0.15) is 12.9 Å². The summed E-state index contributed by atoms with van der Waals surface area (Å²) in [7, 11) is 0. The van der Waals surface area contributed by atoms with Crippen LogP contribution in [0.4, 0.5) is 0 Å². The zero-order chi connectivity index (χ0) is 12.3. The van der Waals surface area contributed by atoms with Crippen LogP contribution in [0.15, 0.2) is 0 Å². The predicted octanol–water partition coefficient (Wildman–Crippen LogP) is 1.26. The first-order valence-corrected chi connectivity index (χ1v) is 6.13. The summed E-state index contributed by atoms with van der Waals surface area (Å²) in [5.74, 6) is 5.68. The van der Waals surface area contributed by atoms with E-state index in [0.29, 0.717) is 25.9 Å². The monoisotopic (exact) mass is 240 g/mol. The topological polar surface area (TPSA) is 55.8 Å². The van der Waals surface area contributed by atoms with Crippen LogP contribution in [-0.4, -0.2) is 37.0 Å². The lowest BCUT2D eigenvalue weighted by molar-refractivity contribution is -0.154. The molecule has 1 saturated heterocycles. The largest absolute Gasteiger partial charge is 0.392 e. The normalized spacial score (nSPS) is 21.4. The molecule has 1 heterocycles. The van der Waals surface area contributed by atoms with Crippen LogP contribution in [0, 0.1) is 11.8 Å². The molecule has 0 bridgehead atoms. The summed E-state index contributed by atoms with van der Waals surface area (Å²) in [4.78, 5) is 10.1. The number of hydrogen-bond donors (Lipinski definition) is 1. The third-order valence-electron chi connectivity index (χ3n) is 2.56. The van der Waals surface area contributed by atoms with Gasteiger partial charge in [0.15, 0.2) is 6.29 Å². The van der Waals surface area contributed by atoms with E-state index in [0.717, 1.165) is 32.2 Å². The average molecular weight is 240 g/mol. The van der Waals surface area contributed by atoms with Crippen molar-refractivity contribution < 1.29 is 19.4 Å². The van der Waals surface area contributed by atoms with E-state index in [2.05, 4.69) is 11.8 Å². The Morgan fingerprint density at radius 3 is 3.06 bits per heavy atom. The molecule has 1 N–H and O–H groups in total. The van der Waals surface area contributed by atoms with Crippen molar-refractivity contribution >= 4 is 6.29 Å². The average Bonchev–Trinajstić information content (AvgIpc) is 2.37. The van der Waals surface area contributed by atoms with E-state index in [1.807, 2.05) is 0 Å². The van der Waals surface area contributed by atoms with E-state index in [4.69, 9.17) is 9.47 Å². The van der Waals surface area contributed by atoms with E-state index < -0.39 is 6.10 Å². The van der Waals surface area contributed by atoms with E-state index in [1.54, 1.807) is 0 Å². The number of ether oxygens (including phenoxy) is 2. The van der Waals surface area contributed by atoms with Gasteiger partial charge in [0, 0.05) is 19.4 Å². The molecule has 2 atom stereocenters. The highest BCUT2D eigenvalue weighted by Crippen LogP contribution is 2.13. The number of aliphatic hydroxyl groups excluding tert-OH is 1. The van der Waals surface area contributed by atoms with Crippen molar-refractivity contribution in [3.63, 3.8) is 0 Å². The summed E-state index contributed by atoms with van der Waals surface area (Å²) < 4.78 is 10.8. The van der Waals surface area contributed by atoms with Gasteiger partial charge in [-0.1, -0.05) is 11.8 Å². The molecule has 1 aliphatic heterocycles. The molecular formula is C13H20O4. The highest BCUT2D eigenvalue weighted by atomic mass is 16.7. The summed E-state index contributed by atoms with van der Waals surface area (Å²) in [5.41, 5.74) is 0. The quantitative estimate of drug-likeness (QED) is 0.561. The number of hydrogen-bond acceptors (Lipinski definition) is 4. The van der Waals surface area contributed by atoms with Gasteiger partial charge >= 0.3 is 0 Å². The van der Waals surface area contributed by atoms with Gasteiger partial charge in [-0.15, -0.1) is 0 Å². The Bertz CT molecular complexity index is 260. The molecule has 0 spiro atoms. The molecule has 0 aliphatic carbocycles. The summed E-state index contributed by atoms with van der Waals surface area (Å²) >= 11 is 0. The molecule has 0 aromatic carbocycles. The molecule has 0 amide bonds. The number of aliphatic hydroxyl groups is 1. The Hall–Kier alpha value is -0.890. The summed E-state index contributed by atoms with van der Waals surface area (Å²) in [6, 6.07) is 0. The first-order valence-electron chi connectivity index (χ1n) is 6.13. The minimum atomic E-state index is -0.515. The van der Waals surface area contributed by atoms with Crippen molar-refractivity contribution in [2.24, 2.45) is 0 Å². The lowest BCUT2D eigenvalue weighted by Crippen LogP contribution is -2.22. The number of aldehydes is 1. The smallest absolute Gasteiger partial charge is 0.158 e. The molecule has 0 radical (unpaired) electrons. The molecule has 2 unspecified atom stereocenters. The number of carbonyl (C=O) groups is 1. The van der Waals surface area contributed by atoms with Crippen molar-refractivity contribution in [1.29, 1.82) is 0 Å². The minimum Gasteiger partial charge on any atom is -0.392 e. The Morgan fingerprint density at radius 1 is 1.47 bits per heavy atom. The Labute approximate surface area is 102 Å². The van der Waals surface area contributed by atoms with Crippen LogP contribution in [0.25, 0.3) is 0 Å². The SMILES string of the molecule is O=CCCC(O)CC#CCOC1CCCCO1. The molecule has 4 nitrogen and oxygen atoms in total. The summed E-state index contributed by atoms with van der Waals surface area (Å²) in [6.45, 7) is 1.10. The molecule has 17 heavy (non-hydrogen) atoms. The van der Waals surface area contributed by atoms with E-state index >= 15 is 0 Å². The van der Waals surface area contributed by atoms with Gasteiger partial charge in [0.25, 0.3) is 0 Å². The summed E-state index contributed by atoms with van der Waals surface area (Å²) in [5, 5.41) is 9.40. The Kier molecular flexibility index (Phi) is 7.65. The molecule has 0 aromatic rings. The first-order chi connectivity index (χ1) is 8.33. The standard InChI is InChI=1S/C13H20O4/c14-9-5-7-12(15)6-1-3-10-16-13-8-2-4-11-17-13/h9,12-13,15H,2,4-8,10-11H2. The maximum Gasteiger partial charge on any atom is 0.158 e. The zero-order valence-electron chi connectivity index (χ0n) is 10.1. The van der Waals surface area contributed by atoms with Gasteiger partial charge in [0.2, 0.25) is 0 Å². The van der Waals surface area contributed by atoms with Gasteiger partial charge in [-0.25, -0.2) is 0 Å².